The Bertz CT molecular complexity index is 912. The van der Waals surface area contributed by atoms with E-state index in [9.17, 15) is 10.1 Å². The molecule has 146 valence electrons. The number of ether oxygens (including phenoxy) is 4. The maximum absolute atomic E-state index is 11.2. The molecule has 2 aromatic rings. The topological polar surface area (TPSA) is 77.8 Å². The normalized spacial score (nSPS) is 10.8. The van der Waals surface area contributed by atoms with Crippen LogP contribution in [0.4, 0.5) is 0 Å². The molecule has 0 saturated carbocycles. The van der Waals surface area contributed by atoms with Crippen molar-refractivity contribution < 1.29 is 23.7 Å². The zero-order valence-electron chi connectivity index (χ0n) is 16.4. The third-order valence-corrected chi connectivity index (χ3v) is 3.73. The van der Waals surface area contributed by atoms with Gasteiger partial charge in [-0.3, -0.25) is 4.79 Å². The fraction of sp³-hybridized carbons (Fsp3) is 0.273. The predicted octanol–water partition coefficient (Wildman–Crippen LogP) is 4.48. The first-order chi connectivity index (χ1) is 13.5. The second-order valence-corrected chi connectivity index (χ2v) is 5.70. The summed E-state index contributed by atoms with van der Waals surface area (Å²) < 4.78 is 21.6. The van der Waals surface area contributed by atoms with E-state index in [4.69, 9.17) is 18.9 Å². The van der Waals surface area contributed by atoms with E-state index in [1.54, 1.807) is 36.4 Å². The number of nitriles is 1. The van der Waals surface area contributed by atoms with Gasteiger partial charge in [0.2, 0.25) is 0 Å². The molecule has 0 aliphatic carbocycles. The molecule has 2 rings (SSSR count). The number of methoxy groups -OCH3 is 1. The van der Waals surface area contributed by atoms with Gasteiger partial charge in [0.1, 0.15) is 0 Å². The summed E-state index contributed by atoms with van der Waals surface area (Å²) in [6.07, 6.45) is 1.73. The molecule has 0 fully saturated rings. The molecule has 0 radical (unpaired) electrons. The highest BCUT2D eigenvalue weighted by atomic mass is 16.6. The summed E-state index contributed by atoms with van der Waals surface area (Å²) >= 11 is 0. The van der Waals surface area contributed by atoms with Gasteiger partial charge in [0.25, 0.3) is 0 Å². The Hall–Kier alpha value is -3.46. The lowest BCUT2D eigenvalue weighted by molar-refractivity contribution is -0.132. The summed E-state index contributed by atoms with van der Waals surface area (Å²) in [7, 11) is 1.49. The summed E-state index contributed by atoms with van der Waals surface area (Å²) in [4.78, 5) is 11.2. The van der Waals surface area contributed by atoms with Gasteiger partial charge in [-0.25, -0.2) is 0 Å². The third-order valence-electron chi connectivity index (χ3n) is 3.73. The van der Waals surface area contributed by atoms with Crippen LogP contribution in [-0.4, -0.2) is 26.3 Å². The fourth-order valence-electron chi connectivity index (χ4n) is 2.58. The van der Waals surface area contributed by atoms with Crippen molar-refractivity contribution in [3.05, 3.63) is 47.5 Å². The summed E-state index contributed by atoms with van der Waals surface area (Å²) in [5, 5.41) is 9.64. The lowest BCUT2D eigenvalue weighted by Gasteiger charge is -2.12. The van der Waals surface area contributed by atoms with Crippen LogP contribution in [0.5, 0.6) is 23.0 Å². The number of hydrogen-bond acceptors (Lipinski definition) is 6. The molecule has 28 heavy (non-hydrogen) atoms. The average molecular weight is 381 g/mol. The molecule has 0 aliphatic heterocycles. The van der Waals surface area contributed by atoms with Crippen LogP contribution in [0, 0.1) is 11.3 Å². The molecule has 0 heterocycles. The number of nitrogens with zero attached hydrogens (tertiary/aromatic N) is 1. The highest BCUT2D eigenvalue weighted by molar-refractivity contribution is 5.90. The van der Waals surface area contributed by atoms with Crippen molar-refractivity contribution in [1.82, 2.24) is 0 Å². The Kier molecular flexibility index (Phi) is 7.46. The monoisotopic (exact) mass is 381 g/mol. The first kappa shape index (κ1) is 20.8. The van der Waals surface area contributed by atoms with E-state index in [1.165, 1.54) is 14.0 Å². The number of carbonyl (C=O) groups is 1. The molecule has 0 N–H and O–H groups in total. The smallest absolute Gasteiger partial charge is 0.308 e. The molecular formula is C22H23NO5. The third kappa shape index (κ3) is 5.27. The lowest BCUT2D eigenvalue weighted by atomic mass is 10.0. The Morgan fingerprint density at radius 2 is 1.68 bits per heavy atom. The van der Waals surface area contributed by atoms with Crippen molar-refractivity contribution in [2.75, 3.05) is 20.3 Å². The zero-order valence-corrected chi connectivity index (χ0v) is 16.4. The maximum Gasteiger partial charge on any atom is 0.308 e. The molecule has 0 atom stereocenters. The molecular weight excluding hydrogens is 358 g/mol. The van der Waals surface area contributed by atoms with Gasteiger partial charge in [-0.1, -0.05) is 6.07 Å². The van der Waals surface area contributed by atoms with Gasteiger partial charge in [-0.2, -0.15) is 5.26 Å². The summed E-state index contributed by atoms with van der Waals surface area (Å²) in [6, 6.07) is 12.7. The van der Waals surface area contributed by atoms with Gasteiger partial charge >= 0.3 is 5.97 Å². The Balaban J connectivity index is 2.42. The lowest BCUT2D eigenvalue weighted by Crippen LogP contribution is -2.03. The van der Waals surface area contributed by atoms with Crippen LogP contribution in [-0.2, 0) is 4.79 Å². The van der Waals surface area contributed by atoms with Gasteiger partial charge in [0, 0.05) is 6.92 Å². The van der Waals surface area contributed by atoms with Crippen LogP contribution < -0.4 is 18.9 Å². The van der Waals surface area contributed by atoms with Crippen LogP contribution >= 0.6 is 0 Å². The number of benzene rings is 2. The number of allylic oxidation sites excluding steroid dienone is 1. The summed E-state index contributed by atoms with van der Waals surface area (Å²) in [5.41, 5.74) is 1.89. The van der Waals surface area contributed by atoms with E-state index in [-0.39, 0.29) is 0 Å². The van der Waals surface area contributed by atoms with E-state index in [1.807, 2.05) is 19.9 Å². The predicted molar refractivity (Wildman–Crippen MR) is 107 cm³/mol. The summed E-state index contributed by atoms with van der Waals surface area (Å²) in [5.74, 6) is 1.52. The molecule has 0 spiro atoms. The number of rotatable bonds is 8. The van der Waals surface area contributed by atoms with E-state index >= 15 is 0 Å². The van der Waals surface area contributed by atoms with Gasteiger partial charge in [-0.15, -0.1) is 0 Å². The van der Waals surface area contributed by atoms with Crippen molar-refractivity contribution in [3.8, 4) is 29.1 Å². The van der Waals surface area contributed by atoms with Crippen LogP contribution in [0.25, 0.3) is 11.6 Å². The highest BCUT2D eigenvalue weighted by Gasteiger charge is 2.11. The largest absolute Gasteiger partial charge is 0.493 e. The zero-order chi connectivity index (χ0) is 20.5. The highest BCUT2D eigenvalue weighted by Crippen LogP contribution is 2.33. The Morgan fingerprint density at radius 1 is 1.00 bits per heavy atom. The molecule has 0 bridgehead atoms. The SMILES string of the molecule is CCOc1ccc(/C(C#N)=C/c2ccc(OC(C)=O)c(OC)c2)cc1OCC. The molecule has 0 aliphatic rings. The van der Waals surface area contributed by atoms with Gasteiger partial charge in [0.15, 0.2) is 23.0 Å². The summed E-state index contributed by atoms with van der Waals surface area (Å²) in [6.45, 7) is 6.12. The van der Waals surface area contributed by atoms with E-state index in [0.29, 0.717) is 47.3 Å². The molecule has 6 heteroatoms. The second kappa shape index (κ2) is 10.0. The first-order valence-electron chi connectivity index (χ1n) is 8.90. The van der Waals surface area contributed by atoms with E-state index < -0.39 is 5.97 Å². The second-order valence-electron chi connectivity index (χ2n) is 5.70. The van der Waals surface area contributed by atoms with Gasteiger partial charge < -0.3 is 18.9 Å². The van der Waals surface area contributed by atoms with Crippen molar-refractivity contribution in [2.45, 2.75) is 20.8 Å². The van der Waals surface area contributed by atoms with E-state index in [0.717, 1.165) is 5.56 Å². The Morgan fingerprint density at radius 3 is 2.29 bits per heavy atom. The fourth-order valence-corrected chi connectivity index (χ4v) is 2.58. The maximum atomic E-state index is 11.2. The number of hydrogen-bond donors (Lipinski definition) is 0. The minimum absolute atomic E-state index is 0.324. The van der Waals surface area contributed by atoms with Crippen LogP contribution in [0.1, 0.15) is 31.9 Å². The standard InChI is InChI=1S/C22H23NO5/c1-5-26-19-10-8-17(13-22(19)27-6-2)18(14-23)11-16-7-9-20(28-15(3)24)21(12-16)25-4/h7-13H,5-6H2,1-4H3/b18-11+. The van der Waals surface area contributed by atoms with Crippen molar-refractivity contribution >= 4 is 17.6 Å². The number of esters is 1. The van der Waals surface area contributed by atoms with Crippen molar-refractivity contribution in [1.29, 1.82) is 5.26 Å². The average Bonchev–Trinajstić information content (AvgIpc) is 2.68. The molecule has 0 unspecified atom stereocenters. The van der Waals surface area contributed by atoms with E-state index in [2.05, 4.69) is 6.07 Å². The van der Waals surface area contributed by atoms with Gasteiger partial charge in [0.05, 0.1) is 32.0 Å². The number of carbonyl (C=O) groups excluding carboxylic acids is 1. The minimum atomic E-state index is -0.433. The van der Waals surface area contributed by atoms with Crippen LogP contribution in [0.3, 0.4) is 0 Å². The van der Waals surface area contributed by atoms with Crippen LogP contribution in [0.2, 0.25) is 0 Å². The van der Waals surface area contributed by atoms with Gasteiger partial charge in [-0.05, 0) is 61.4 Å². The molecule has 6 nitrogen and oxygen atoms in total. The van der Waals surface area contributed by atoms with Crippen LogP contribution in [0.15, 0.2) is 36.4 Å². The molecule has 2 aromatic carbocycles. The molecule has 0 amide bonds. The Labute approximate surface area is 164 Å². The first-order valence-corrected chi connectivity index (χ1v) is 8.90. The molecule has 0 saturated heterocycles. The van der Waals surface area contributed by atoms with Crippen molar-refractivity contribution in [2.24, 2.45) is 0 Å². The minimum Gasteiger partial charge on any atom is -0.493 e. The molecule has 0 aromatic heterocycles. The van der Waals surface area contributed by atoms with Crippen molar-refractivity contribution in [3.63, 3.8) is 0 Å². The quantitative estimate of drug-likeness (QED) is 0.290.